The minimum Gasteiger partial charge on any atom is -0.508 e. The van der Waals surface area contributed by atoms with Crippen LogP contribution in [0.5, 0.6) is 5.75 Å². The Bertz CT molecular complexity index is 510. The van der Waals surface area contributed by atoms with Crippen LogP contribution in [0.25, 0.3) is 0 Å². The predicted octanol–water partition coefficient (Wildman–Crippen LogP) is 2.50. The zero-order valence-electron chi connectivity index (χ0n) is 13.5. The Kier molecular flexibility index (Phi) is 5.42. The van der Waals surface area contributed by atoms with Crippen molar-refractivity contribution in [1.82, 2.24) is 4.90 Å². The van der Waals surface area contributed by atoms with Gasteiger partial charge in [0, 0.05) is 19.6 Å². The van der Waals surface area contributed by atoms with Crippen LogP contribution >= 0.6 is 0 Å². The van der Waals surface area contributed by atoms with Crippen LogP contribution in [0, 0.1) is 0 Å². The molecule has 0 spiro atoms. The molecule has 0 radical (unpaired) electrons. The molecule has 0 aliphatic carbocycles. The predicted molar refractivity (Wildman–Crippen MR) is 83.7 cm³/mol. The van der Waals surface area contributed by atoms with E-state index in [9.17, 15) is 9.90 Å². The lowest BCUT2D eigenvalue weighted by Gasteiger charge is -2.33. The number of phenolic OH excluding ortho intramolecular Hbond substituents is 1. The Balaban J connectivity index is 1.85. The van der Waals surface area contributed by atoms with E-state index in [1.54, 1.807) is 12.1 Å². The molecule has 1 atom stereocenters. The summed E-state index contributed by atoms with van der Waals surface area (Å²) in [5.74, 6) is 0.0693. The molecule has 1 aliphatic heterocycles. The number of rotatable bonds is 4. The summed E-state index contributed by atoms with van der Waals surface area (Å²) in [6, 6.07) is 7.13. The van der Waals surface area contributed by atoms with Crippen molar-refractivity contribution < 1.29 is 19.4 Å². The molecule has 0 amide bonds. The van der Waals surface area contributed by atoms with Crippen LogP contribution in [-0.4, -0.2) is 47.8 Å². The lowest BCUT2D eigenvalue weighted by molar-refractivity contribution is -0.155. The van der Waals surface area contributed by atoms with Crippen LogP contribution in [0.1, 0.15) is 38.9 Å². The average molecular weight is 307 g/mol. The van der Waals surface area contributed by atoms with Gasteiger partial charge in [0.1, 0.15) is 11.4 Å². The number of carbonyl (C=O) groups excluding carboxylic acids is 1. The highest BCUT2D eigenvalue weighted by Gasteiger charge is 2.23. The highest BCUT2D eigenvalue weighted by molar-refractivity contribution is 5.70. The average Bonchev–Trinajstić information content (AvgIpc) is 2.44. The molecule has 0 bridgehead atoms. The molecular formula is C17H25NO4. The molecule has 1 N–H and O–H groups in total. The summed E-state index contributed by atoms with van der Waals surface area (Å²) in [7, 11) is 0. The maximum Gasteiger partial charge on any atom is 0.307 e. The lowest BCUT2D eigenvalue weighted by atomic mass is 10.1. The molecule has 0 aromatic heterocycles. The van der Waals surface area contributed by atoms with E-state index in [1.807, 2.05) is 32.9 Å². The van der Waals surface area contributed by atoms with Gasteiger partial charge in [0.05, 0.1) is 19.1 Å². The first-order valence-corrected chi connectivity index (χ1v) is 7.68. The fraction of sp³-hybridized carbons (Fsp3) is 0.588. The standard InChI is InChI=1S/C17H25NO4/c1-17(2,3)22-16(20)7-8-18-9-10-21-15(12-18)13-5-4-6-14(19)11-13/h4-6,11,15,19H,7-10,12H2,1-3H3/t15-/m1/s1. The van der Waals surface area contributed by atoms with Gasteiger partial charge in [-0.2, -0.15) is 0 Å². The molecule has 0 unspecified atom stereocenters. The van der Waals surface area contributed by atoms with E-state index in [0.29, 0.717) is 26.1 Å². The molecule has 1 aromatic rings. The molecule has 22 heavy (non-hydrogen) atoms. The van der Waals surface area contributed by atoms with Gasteiger partial charge in [-0.15, -0.1) is 0 Å². The van der Waals surface area contributed by atoms with Crippen molar-refractivity contribution in [2.24, 2.45) is 0 Å². The Hall–Kier alpha value is -1.59. The smallest absolute Gasteiger partial charge is 0.307 e. The summed E-state index contributed by atoms with van der Waals surface area (Å²) in [6.07, 6.45) is 0.309. The van der Waals surface area contributed by atoms with Crippen molar-refractivity contribution in [2.75, 3.05) is 26.2 Å². The van der Waals surface area contributed by atoms with Crippen LogP contribution in [0.15, 0.2) is 24.3 Å². The van der Waals surface area contributed by atoms with Gasteiger partial charge in [-0.25, -0.2) is 0 Å². The van der Waals surface area contributed by atoms with Gasteiger partial charge in [0.15, 0.2) is 0 Å². The van der Waals surface area contributed by atoms with Gasteiger partial charge in [-0.05, 0) is 38.5 Å². The van der Waals surface area contributed by atoms with Crippen LogP contribution in [0.2, 0.25) is 0 Å². The number of morpholine rings is 1. The highest BCUT2D eigenvalue weighted by atomic mass is 16.6. The molecule has 122 valence electrons. The van der Waals surface area contributed by atoms with Crippen molar-refractivity contribution in [2.45, 2.75) is 38.9 Å². The third-order valence-corrected chi connectivity index (χ3v) is 3.44. The maximum atomic E-state index is 11.8. The largest absolute Gasteiger partial charge is 0.508 e. The molecule has 1 saturated heterocycles. The molecule has 1 heterocycles. The van der Waals surface area contributed by atoms with Crippen molar-refractivity contribution >= 4 is 5.97 Å². The monoisotopic (exact) mass is 307 g/mol. The number of ether oxygens (including phenoxy) is 2. The quantitative estimate of drug-likeness (QED) is 0.866. The van der Waals surface area contributed by atoms with E-state index in [-0.39, 0.29) is 17.8 Å². The van der Waals surface area contributed by atoms with Gasteiger partial charge < -0.3 is 14.6 Å². The first kappa shape index (κ1) is 16.8. The number of hydrogen-bond donors (Lipinski definition) is 1. The summed E-state index contributed by atoms with van der Waals surface area (Å²) in [6.45, 7) is 8.42. The number of phenols is 1. The Morgan fingerprint density at radius 2 is 2.23 bits per heavy atom. The number of nitrogens with zero attached hydrogens (tertiary/aromatic N) is 1. The molecule has 1 aromatic carbocycles. The van der Waals surface area contributed by atoms with E-state index in [4.69, 9.17) is 9.47 Å². The maximum absolute atomic E-state index is 11.8. The minimum absolute atomic E-state index is 0.0699. The zero-order valence-corrected chi connectivity index (χ0v) is 13.5. The van der Waals surface area contributed by atoms with Crippen molar-refractivity contribution in [1.29, 1.82) is 0 Å². The van der Waals surface area contributed by atoms with Crippen molar-refractivity contribution in [3.8, 4) is 5.75 Å². The van der Waals surface area contributed by atoms with E-state index >= 15 is 0 Å². The van der Waals surface area contributed by atoms with E-state index < -0.39 is 5.60 Å². The molecule has 2 rings (SSSR count). The van der Waals surface area contributed by atoms with Crippen LogP contribution in [-0.2, 0) is 14.3 Å². The van der Waals surface area contributed by atoms with Gasteiger partial charge >= 0.3 is 5.97 Å². The van der Waals surface area contributed by atoms with E-state index in [2.05, 4.69) is 4.90 Å². The zero-order chi connectivity index (χ0) is 16.2. The topological polar surface area (TPSA) is 59.0 Å². The Morgan fingerprint density at radius 1 is 1.45 bits per heavy atom. The molecule has 5 heteroatoms. The molecule has 1 fully saturated rings. The summed E-state index contributed by atoms with van der Waals surface area (Å²) >= 11 is 0. The lowest BCUT2D eigenvalue weighted by Crippen LogP contribution is -2.39. The number of hydrogen-bond acceptors (Lipinski definition) is 5. The second-order valence-electron chi connectivity index (χ2n) is 6.59. The number of aromatic hydroxyl groups is 1. The summed E-state index contributed by atoms with van der Waals surface area (Å²) in [4.78, 5) is 14.0. The fourth-order valence-corrected chi connectivity index (χ4v) is 2.47. The van der Waals surface area contributed by atoms with Crippen LogP contribution in [0.3, 0.4) is 0 Å². The van der Waals surface area contributed by atoms with Crippen LogP contribution < -0.4 is 0 Å². The molecule has 5 nitrogen and oxygen atoms in total. The molecule has 1 aliphatic rings. The normalized spacial score (nSPS) is 19.9. The van der Waals surface area contributed by atoms with Crippen LogP contribution in [0.4, 0.5) is 0 Å². The van der Waals surface area contributed by atoms with Crippen molar-refractivity contribution in [3.63, 3.8) is 0 Å². The number of esters is 1. The second-order valence-corrected chi connectivity index (χ2v) is 6.59. The third kappa shape index (κ3) is 5.31. The number of benzene rings is 1. The summed E-state index contributed by atoms with van der Waals surface area (Å²) in [5.41, 5.74) is 0.522. The van der Waals surface area contributed by atoms with Gasteiger partial charge in [0.2, 0.25) is 0 Å². The SMILES string of the molecule is CC(C)(C)OC(=O)CCN1CCO[C@@H](c2cccc(O)c2)C1. The third-order valence-electron chi connectivity index (χ3n) is 3.44. The van der Waals surface area contributed by atoms with Gasteiger partial charge in [-0.3, -0.25) is 9.69 Å². The van der Waals surface area contributed by atoms with E-state index in [0.717, 1.165) is 12.1 Å². The molecule has 0 saturated carbocycles. The second kappa shape index (κ2) is 7.11. The molecular weight excluding hydrogens is 282 g/mol. The summed E-state index contributed by atoms with van der Waals surface area (Å²) < 4.78 is 11.1. The number of carbonyl (C=O) groups is 1. The summed E-state index contributed by atoms with van der Waals surface area (Å²) in [5, 5.41) is 9.56. The van der Waals surface area contributed by atoms with Crippen molar-refractivity contribution in [3.05, 3.63) is 29.8 Å². The first-order valence-electron chi connectivity index (χ1n) is 7.68. The van der Waals surface area contributed by atoms with Gasteiger partial charge in [0.25, 0.3) is 0 Å². The Labute approximate surface area is 131 Å². The van der Waals surface area contributed by atoms with Gasteiger partial charge in [-0.1, -0.05) is 12.1 Å². The van der Waals surface area contributed by atoms with E-state index in [1.165, 1.54) is 0 Å². The highest BCUT2D eigenvalue weighted by Crippen LogP contribution is 2.25. The minimum atomic E-state index is -0.438. The first-order chi connectivity index (χ1) is 10.3. The Morgan fingerprint density at radius 3 is 2.91 bits per heavy atom. The fourth-order valence-electron chi connectivity index (χ4n) is 2.47.